The Kier molecular flexibility index (Phi) is 7.95. The van der Waals surface area contributed by atoms with Gasteiger partial charge >= 0.3 is 0 Å². The average molecular weight is 572 g/mol. The van der Waals surface area contributed by atoms with Crippen LogP contribution in [-0.2, 0) is 16.1 Å². The molecule has 4 rings (SSSR count). The van der Waals surface area contributed by atoms with Crippen LogP contribution in [0.25, 0.3) is 6.08 Å². The fourth-order valence-electron chi connectivity index (χ4n) is 3.37. The molecule has 1 N–H and O–H groups in total. The third kappa shape index (κ3) is 6.33. The highest BCUT2D eigenvalue weighted by molar-refractivity contribution is 9.10. The summed E-state index contributed by atoms with van der Waals surface area (Å²) >= 11 is 10.5. The number of ether oxygens (including phenoxy) is 1. The summed E-state index contributed by atoms with van der Waals surface area (Å²) < 4.78 is 6.25. The van der Waals surface area contributed by atoms with Crippen molar-refractivity contribution < 1.29 is 19.1 Å². The van der Waals surface area contributed by atoms with E-state index in [0.29, 0.717) is 37.0 Å². The molecule has 0 unspecified atom stereocenters. The Bertz CT molecular complexity index is 1340. The smallest absolute Gasteiger partial charge is 0.293 e. The normalized spacial score (nSPS) is 14.5. The van der Waals surface area contributed by atoms with Crippen LogP contribution in [-0.4, -0.2) is 28.6 Å². The summed E-state index contributed by atoms with van der Waals surface area (Å²) in [5.41, 5.74) is 3.16. The molecule has 35 heavy (non-hydrogen) atoms. The number of amides is 3. The van der Waals surface area contributed by atoms with Crippen LogP contribution in [0.1, 0.15) is 16.7 Å². The lowest BCUT2D eigenvalue weighted by Crippen LogP contribution is -2.27. The molecule has 0 spiro atoms. The monoisotopic (exact) mass is 570 g/mol. The number of thioether (sulfide) groups is 1. The summed E-state index contributed by atoms with van der Waals surface area (Å²) in [4.78, 5) is 39.0. The molecule has 0 saturated carbocycles. The molecule has 3 amide bonds. The van der Waals surface area contributed by atoms with Crippen molar-refractivity contribution in [1.29, 1.82) is 0 Å². The van der Waals surface area contributed by atoms with Gasteiger partial charge in [0, 0.05) is 10.7 Å². The second-order valence-corrected chi connectivity index (χ2v) is 10.0. The summed E-state index contributed by atoms with van der Waals surface area (Å²) in [6.45, 7) is 1.90. The van der Waals surface area contributed by atoms with Crippen molar-refractivity contribution in [2.45, 2.75) is 13.5 Å². The van der Waals surface area contributed by atoms with E-state index in [-0.39, 0.29) is 30.2 Å². The summed E-state index contributed by atoms with van der Waals surface area (Å²) in [6, 6.07) is 19.8. The Morgan fingerprint density at radius 3 is 2.66 bits per heavy atom. The first kappa shape index (κ1) is 25.0. The fraction of sp³-hybridized carbons (Fsp3) is 0.115. The number of nitrogens with zero attached hydrogens (tertiary/aromatic N) is 1. The highest BCUT2D eigenvalue weighted by Crippen LogP contribution is 2.35. The second-order valence-electron chi connectivity index (χ2n) is 7.76. The van der Waals surface area contributed by atoms with Gasteiger partial charge in [-0.05, 0) is 87.7 Å². The molecule has 0 radical (unpaired) electrons. The Balaban J connectivity index is 1.39. The molecule has 1 fully saturated rings. The lowest BCUT2D eigenvalue weighted by molar-refractivity contribution is -0.123. The van der Waals surface area contributed by atoms with E-state index in [9.17, 15) is 14.4 Å². The largest absolute Gasteiger partial charge is 0.483 e. The van der Waals surface area contributed by atoms with E-state index in [1.54, 1.807) is 42.5 Å². The Morgan fingerprint density at radius 2 is 1.91 bits per heavy atom. The fourth-order valence-corrected chi connectivity index (χ4v) is 4.92. The van der Waals surface area contributed by atoms with Crippen molar-refractivity contribution in [2.24, 2.45) is 0 Å². The van der Waals surface area contributed by atoms with Crippen LogP contribution in [0.15, 0.2) is 76.1 Å². The van der Waals surface area contributed by atoms with Crippen LogP contribution in [0.2, 0.25) is 5.02 Å². The number of carbonyl (C=O) groups is 3. The van der Waals surface area contributed by atoms with Gasteiger partial charge in [-0.3, -0.25) is 19.3 Å². The van der Waals surface area contributed by atoms with Gasteiger partial charge < -0.3 is 10.1 Å². The van der Waals surface area contributed by atoms with E-state index in [1.165, 1.54) is 4.90 Å². The average Bonchev–Trinajstić information content (AvgIpc) is 3.07. The van der Waals surface area contributed by atoms with Gasteiger partial charge in [0.1, 0.15) is 5.75 Å². The van der Waals surface area contributed by atoms with E-state index < -0.39 is 0 Å². The minimum atomic E-state index is -0.371. The Morgan fingerprint density at radius 1 is 1.11 bits per heavy atom. The van der Waals surface area contributed by atoms with E-state index >= 15 is 0 Å². The number of hydrogen-bond donors (Lipinski definition) is 1. The van der Waals surface area contributed by atoms with Gasteiger partial charge in [0.05, 0.1) is 15.9 Å². The van der Waals surface area contributed by atoms with Gasteiger partial charge in [-0.1, -0.05) is 48.0 Å². The van der Waals surface area contributed by atoms with Crippen LogP contribution >= 0.6 is 39.3 Å². The number of anilines is 1. The summed E-state index contributed by atoms with van der Waals surface area (Å²) in [5.74, 6) is -0.170. The molecule has 3 aromatic rings. The lowest BCUT2D eigenvalue weighted by atomic mass is 10.2. The number of carbonyl (C=O) groups excluding carboxylic acids is 3. The molecule has 3 aromatic carbocycles. The van der Waals surface area contributed by atoms with E-state index in [0.717, 1.165) is 17.3 Å². The third-order valence-corrected chi connectivity index (χ3v) is 6.97. The quantitative estimate of drug-likeness (QED) is 0.321. The van der Waals surface area contributed by atoms with Gasteiger partial charge in [0.25, 0.3) is 17.1 Å². The van der Waals surface area contributed by atoms with E-state index in [2.05, 4.69) is 21.2 Å². The van der Waals surface area contributed by atoms with Crippen molar-refractivity contribution >= 4 is 68.1 Å². The molecule has 1 aliphatic heterocycles. The summed E-state index contributed by atoms with van der Waals surface area (Å²) in [7, 11) is 0. The number of aryl methyl sites for hydroxylation is 1. The zero-order valence-corrected chi connectivity index (χ0v) is 21.7. The minimum Gasteiger partial charge on any atom is -0.483 e. The molecule has 1 aliphatic rings. The first-order valence-corrected chi connectivity index (χ1v) is 12.6. The maximum atomic E-state index is 12.8. The number of rotatable bonds is 7. The zero-order valence-electron chi connectivity index (χ0n) is 18.6. The van der Waals surface area contributed by atoms with Crippen LogP contribution in [0.3, 0.4) is 0 Å². The van der Waals surface area contributed by atoms with Crippen molar-refractivity contribution in [3.05, 3.63) is 97.8 Å². The number of halogens is 2. The van der Waals surface area contributed by atoms with E-state index in [1.807, 2.05) is 37.3 Å². The highest BCUT2D eigenvalue weighted by Gasteiger charge is 2.35. The molecular formula is C26H20BrClN2O4S. The summed E-state index contributed by atoms with van der Waals surface area (Å²) in [6.07, 6.45) is 1.65. The Labute approximate surface area is 220 Å². The molecular weight excluding hydrogens is 552 g/mol. The van der Waals surface area contributed by atoms with Crippen molar-refractivity contribution in [3.8, 4) is 5.75 Å². The Hall–Kier alpha value is -3.07. The molecule has 9 heteroatoms. The van der Waals surface area contributed by atoms with Crippen LogP contribution in [0.5, 0.6) is 5.75 Å². The molecule has 0 bridgehead atoms. The maximum absolute atomic E-state index is 12.8. The molecule has 6 nitrogen and oxygen atoms in total. The van der Waals surface area contributed by atoms with Crippen molar-refractivity contribution in [1.82, 2.24) is 4.90 Å². The predicted molar refractivity (Wildman–Crippen MR) is 142 cm³/mol. The topological polar surface area (TPSA) is 75.7 Å². The summed E-state index contributed by atoms with van der Waals surface area (Å²) in [5, 5.41) is 2.95. The number of imide groups is 1. The van der Waals surface area contributed by atoms with E-state index in [4.69, 9.17) is 16.3 Å². The number of nitrogens with one attached hydrogen (secondary N) is 1. The van der Waals surface area contributed by atoms with Gasteiger partial charge in [-0.25, -0.2) is 0 Å². The molecule has 178 valence electrons. The van der Waals surface area contributed by atoms with Crippen molar-refractivity contribution in [2.75, 3.05) is 11.9 Å². The predicted octanol–water partition coefficient (Wildman–Crippen LogP) is 6.66. The first-order valence-electron chi connectivity index (χ1n) is 10.6. The molecule has 0 aromatic heterocycles. The zero-order chi connectivity index (χ0) is 24.9. The molecule has 1 heterocycles. The molecule has 1 saturated heterocycles. The van der Waals surface area contributed by atoms with Crippen LogP contribution < -0.4 is 10.1 Å². The second kappa shape index (κ2) is 11.1. The van der Waals surface area contributed by atoms with Gasteiger partial charge in [0.15, 0.2) is 6.61 Å². The van der Waals surface area contributed by atoms with Crippen LogP contribution in [0, 0.1) is 6.92 Å². The van der Waals surface area contributed by atoms with Gasteiger partial charge in [0.2, 0.25) is 0 Å². The minimum absolute atomic E-state index is 0.114. The first-order chi connectivity index (χ1) is 16.8. The standard InChI is InChI=1S/C26H20BrClN2O4S/c1-16-5-4-7-19(11-16)29-24(31)15-34-22-10-9-17(12-20(22)27)13-23-25(32)30(26(33)35-23)14-18-6-2-3-8-21(18)28/h2-13H,14-15H2,1H3,(H,29,31)/b23-13-. The van der Waals surface area contributed by atoms with Crippen molar-refractivity contribution in [3.63, 3.8) is 0 Å². The SMILES string of the molecule is Cc1cccc(NC(=O)COc2ccc(/C=C3\SC(=O)N(Cc4ccccc4Cl)C3=O)cc2Br)c1. The van der Waals surface area contributed by atoms with Gasteiger partial charge in [-0.2, -0.15) is 0 Å². The molecule has 0 aliphatic carbocycles. The highest BCUT2D eigenvalue weighted by atomic mass is 79.9. The van der Waals surface area contributed by atoms with Gasteiger partial charge in [-0.15, -0.1) is 0 Å². The number of hydrogen-bond acceptors (Lipinski definition) is 5. The number of benzene rings is 3. The third-order valence-electron chi connectivity index (χ3n) is 5.07. The lowest BCUT2D eigenvalue weighted by Gasteiger charge is -2.13. The maximum Gasteiger partial charge on any atom is 0.293 e. The molecule has 0 atom stereocenters. The van der Waals surface area contributed by atoms with Crippen LogP contribution in [0.4, 0.5) is 10.5 Å².